The van der Waals surface area contributed by atoms with Crippen molar-refractivity contribution in [2.24, 2.45) is 0 Å². The third-order valence-corrected chi connectivity index (χ3v) is 4.16. The lowest BCUT2D eigenvalue weighted by Crippen LogP contribution is -1.99. The van der Waals surface area contributed by atoms with Gasteiger partial charge in [-0.05, 0) is 25.0 Å². The molecule has 1 N–H and O–H groups in total. The Balaban J connectivity index is 1.93. The van der Waals surface area contributed by atoms with Gasteiger partial charge in [0.15, 0.2) is 0 Å². The van der Waals surface area contributed by atoms with E-state index < -0.39 is 0 Å². The van der Waals surface area contributed by atoms with Gasteiger partial charge >= 0.3 is 0 Å². The third-order valence-electron chi connectivity index (χ3n) is 3.16. The molecule has 2 rings (SSSR count). The fourth-order valence-corrected chi connectivity index (χ4v) is 2.80. The number of hydrogen-bond donors (Lipinski definition) is 1. The van der Waals surface area contributed by atoms with Crippen molar-refractivity contribution in [1.82, 2.24) is 9.55 Å². The molecule has 0 aliphatic heterocycles. The summed E-state index contributed by atoms with van der Waals surface area (Å²) in [6, 6.07) is 2.01. The Morgan fingerprint density at radius 2 is 2.33 bits per heavy atom. The van der Waals surface area contributed by atoms with Crippen LogP contribution in [-0.2, 0) is 13.0 Å². The lowest BCUT2D eigenvalue weighted by Gasteiger charge is -2.06. The van der Waals surface area contributed by atoms with Gasteiger partial charge in [-0.2, -0.15) is 0 Å². The van der Waals surface area contributed by atoms with Crippen molar-refractivity contribution >= 4 is 11.3 Å². The SMILES string of the molecule is CCCC(O)c1ccn(CCc2scnc2C)c1. The molecular weight excluding hydrogens is 244 g/mol. The number of hydrogen-bond acceptors (Lipinski definition) is 3. The van der Waals surface area contributed by atoms with Crippen LogP contribution in [0.2, 0.25) is 0 Å². The molecule has 1 unspecified atom stereocenters. The number of thiazole rings is 1. The Morgan fingerprint density at radius 1 is 1.50 bits per heavy atom. The van der Waals surface area contributed by atoms with E-state index in [1.807, 2.05) is 17.8 Å². The largest absolute Gasteiger partial charge is 0.388 e. The molecule has 0 aliphatic carbocycles. The first-order valence-electron chi connectivity index (χ1n) is 6.43. The molecule has 2 heterocycles. The first-order chi connectivity index (χ1) is 8.70. The number of aryl methyl sites for hydroxylation is 3. The van der Waals surface area contributed by atoms with Crippen molar-refractivity contribution in [1.29, 1.82) is 0 Å². The quantitative estimate of drug-likeness (QED) is 0.869. The molecule has 0 radical (unpaired) electrons. The molecule has 98 valence electrons. The molecule has 0 spiro atoms. The van der Waals surface area contributed by atoms with Gasteiger partial charge in [0, 0.05) is 30.2 Å². The second-order valence-electron chi connectivity index (χ2n) is 4.60. The van der Waals surface area contributed by atoms with Crippen LogP contribution >= 0.6 is 11.3 Å². The summed E-state index contributed by atoms with van der Waals surface area (Å²) in [5.41, 5.74) is 4.06. The van der Waals surface area contributed by atoms with E-state index in [9.17, 15) is 5.11 Å². The van der Waals surface area contributed by atoms with E-state index in [4.69, 9.17) is 0 Å². The highest BCUT2D eigenvalue weighted by Gasteiger charge is 2.08. The number of aliphatic hydroxyl groups excluding tert-OH is 1. The summed E-state index contributed by atoms with van der Waals surface area (Å²) in [4.78, 5) is 5.60. The van der Waals surface area contributed by atoms with Gasteiger partial charge in [0.25, 0.3) is 0 Å². The normalized spacial score (nSPS) is 12.8. The summed E-state index contributed by atoms with van der Waals surface area (Å²) >= 11 is 1.72. The van der Waals surface area contributed by atoms with Gasteiger partial charge in [0.1, 0.15) is 0 Å². The maximum Gasteiger partial charge on any atom is 0.0804 e. The summed E-state index contributed by atoms with van der Waals surface area (Å²) in [6.07, 6.45) is 6.63. The molecule has 0 amide bonds. The standard InChI is InChI=1S/C14H20N2OS/c1-3-4-13(17)12-5-7-16(9-12)8-6-14-11(2)15-10-18-14/h5,7,9-10,13,17H,3-4,6,8H2,1-2H3. The van der Waals surface area contributed by atoms with Gasteiger partial charge in [-0.1, -0.05) is 13.3 Å². The Kier molecular flexibility index (Phi) is 4.55. The minimum atomic E-state index is -0.318. The molecule has 3 nitrogen and oxygen atoms in total. The first kappa shape index (κ1) is 13.3. The number of rotatable bonds is 6. The zero-order valence-electron chi connectivity index (χ0n) is 11.0. The van der Waals surface area contributed by atoms with E-state index in [1.165, 1.54) is 4.88 Å². The van der Waals surface area contributed by atoms with Gasteiger partial charge < -0.3 is 9.67 Å². The lowest BCUT2D eigenvalue weighted by molar-refractivity contribution is 0.166. The van der Waals surface area contributed by atoms with Gasteiger partial charge in [-0.15, -0.1) is 11.3 Å². The Labute approximate surface area is 112 Å². The van der Waals surface area contributed by atoms with Crippen LogP contribution < -0.4 is 0 Å². The van der Waals surface area contributed by atoms with Gasteiger partial charge in [-0.25, -0.2) is 4.98 Å². The number of aliphatic hydroxyl groups is 1. The molecular formula is C14H20N2OS. The summed E-state index contributed by atoms with van der Waals surface area (Å²) in [6.45, 7) is 5.09. The smallest absolute Gasteiger partial charge is 0.0804 e. The Hall–Kier alpha value is -1.13. The van der Waals surface area contributed by atoms with Crippen molar-refractivity contribution in [3.63, 3.8) is 0 Å². The second-order valence-corrected chi connectivity index (χ2v) is 5.54. The monoisotopic (exact) mass is 264 g/mol. The van der Waals surface area contributed by atoms with Crippen molar-refractivity contribution in [3.05, 3.63) is 40.1 Å². The van der Waals surface area contributed by atoms with Crippen LogP contribution in [-0.4, -0.2) is 14.7 Å². The number of nitrogens with zero attached hydrogens (tertiary/aromatic N) is 2. The molecule has 4 heteroatoms. The summed E-state index contributed by atoms with van der Waals surface area (Å²) in [5, 5.41) is 9.91. The molecule has 0 saturated heterocycles. The zero-order chi connectivity index (χ0) is 13.0. The van der Waals surface area contributed by atoms with Crippen molar-refractivity contribution < 1.29 is 5.11 Å². The highest BCUT2D eigenvalue weighted by molar-refractivity contribution is 7.09. The van der Waals surface area contributed by atoms with Gasteiger partial charge in [-0.3, -0.25) is 0 Å². The molecule has 18 heavy (non-hydrogen) atoms. The summed E-state index contributed by atoms with van der Waals surface area (Å²) < 4.78 is 2.15. The minimum absolute atomic E-state index is 0.318. The molecule has 0 saturated carbocycles. The second kappa shape index (κ2) is 6.16. The molecule has 1 atom stereocenters. The highest BCUT2D eigenvalue weighted by atomic mass is 32.1. The van der Waals surface area contributed by atoms with Crippen LogP contribution in [0.4, 0.5) is 0 Å². The molecule has 0 bridgehead atoms. The van der Waals surface area contributed by atoms with Crippen LogP contribution in [0.15, 0.2) is 24.0 Å². The van der Waals surface area contributed by atoms with E-state index in [-0.39, 0.29) is 6.10 Å². The van der Waals surface area contributed by atoms with Crippen LogP contribution in [0, 0.1) is 6.92 Å². The Morgan fingerprint density at radius 3 is 3.00 bits per heavy atom. The molecule has 0 aromatic carbocycles. The van der Waals surface area contributed by atoms with Crippen molar-refractivity contribution in [3.8, 4) is 0 Å². The average molecular weight is 264 g/mol. The third kappa shape index (κ3) is 3.21. The molecule has 2 aromatic rings. The molecule has 2 aromatic heterocycles. The minimum Gasteiger partial charge on any atom is -0.388 e. The fourth-order valence-electron chi connectivity index (χ4n) is 2.03. The van der Waals surface area contributed by atoms with Crippen LogP contribution in [0.3, 0.4) is 0 Å². The van der Waals surface area contributed by atoms with E-state index in [2.05, 4.69) is 29.6 Å². The topological polar surface area (TPSA) is 38.0 Å². The fraction of sp³-hybridized carbons (Fsp3) is 0.500. The molecule has 0 aliphatic rings. The highest BCUT2D eigenvalue weighted by Crippen LogP contribution is 2.19. The maximum absolute atomic E-state index is 9.91. The van der Waals surface area contributed by atoms with E-state index in [0.717, 1.165) is 37.1 Å². The summed E-state index contributed by atoms with van der Waals surface area (Å²) in [5.74, 6) is 0. The Bertz CT molecular complexity index is 489. The van der Waals surface area contributed by atoms with E-state index in [1.54, 1.807) is 11.3 Å². The average Bonchev–Trinajstić information content (AvgIpc) is 2.96. The lowest BCUT2D eigenvalue weighted by atomic mass is 10.1. The summed E-state index contributed by atoms with van der Waals surface area (Å²) in [7, 11) is 0. The number of aromatic nitrogens is 2. The van der Waals surface area contributed by atoms with E-state index in [0.29, 0.717) is 0 Å². The van der Waals surface area contributed by atoms with Gasteiger partial charge in [0.05, 0.1) is 17.3 Å². The van der Waals surface area contributed by atoms with Crippen LogP contribution in [0.1, 0.15) is 42.0 Å². The maximum atomic E-state index is 9.91. The zero-order valence-corrected chi connectivity index (χ0v) is 11.8. The van der Waals surface area contributed by atoms with Crippen LogP contribution in [0.25, 0.3) is 0 Å². The van der Waals surface area contributed by atoms with Crippen molar-refractivity contribution in [2.75, 3.05) is 0 Å². The first-order valence-corrected chi connectivity index (χ1v) is 7.31. The van der Waals surface area contributed by atoms with Gasteiger partial charge in [0.2, 0.25) is 0 Å². The molecule has 0 fully saturated rings. The van der Waals surface area contributed by atoms with E-state index >= 15 is 0 Å². The predicted octanol–water partition coefficient (Wildman–Crippen LogP) is 3.33. The van der Waals surface area contributed by atoms with Crippen molar-refractivity contribution in [2.45, 2.75) is 45.8 Å². The van der Waals surface area contributed by atoms with Crippen LogP contribution in [0.5, 0.6) is 0 Å². The predicted molar refractivity (Wildman–Crippen MR) is 74.9 cm³/mol.